The average Bonchev–Trinajstić information content (AvgIpc) is 2.87. The first-order valence-electron chi connectivity index (χ1n) is 8.28. The van der Waals surface area contributed by atoms with Gasteiger partial charge in [0.15, 0.2) is 0 Å². The number of halogens is 1. The molecule has 0 aromatic heterocycles. The number of hydrogen-bond acceptors (Lipinski definition) is 2. The Morgan fingerprint density at radius 3 is 2.55 bits per heavy atom. The molecule has 1 aliphatic heterocycles. The van der Waals surface area contributed by atoms with Crippen LogP contribution in [0.1, 0.15) is 71.1 Å². The number of nitrogens with two attached hydrogens (primary N) is 1. The summed E-state index contributed by atoms with van der Waals surface area (Å²) in [4.78, 5) is 14.5. The number of hydrogen-bond donors (Lipinski definition) is 1. The minimum atomic E-state index is -0.267. The van der Waals surface area contributed by atoms with Gasteiger partial charge in [0, 0.05) is 12.6 Å². The zero-order chi connectivity index (χ0) is 13.7. The fraction of sp³-hybridized carbons (Fsp3) is 0.938. The maximum absolute atomic E-state index is 12.4. The van der Waals surface area contributed by atoms with Crippen LogP contribution in [0.4, 0.5) is 0 Å². The lowest BCUT2D eigenvalue weighted by Gasteiger charge is -2.31. The van der Waals surface area contributed by atoms with Crippen LogP contribution in [-0.2, 0) is 4.79 Å². The smallest absolute Gasteiger partial charge is 0.239 e. The molecule has 0 aromatic carbocycles. The Hall–Kier alpha value is -0.280. The van der Waals surface area contributed by atoms with Crippen molar-refractivity contribution in [2.75, 3.05) is 6.54 Å². The number of carbonyl (C=O) groups excluding carboxylic acids is 1. The van der Waals surface area contributed by atoms with Gasteiger partial charge in [-0.1, -0.05) is 45.4 Å². The third-order valence-electron chi connectivity index (χ3n) is 4.91. The van der Waals surface area contributed by atoms with Crippen LogP contribution >= 0.6 is 12.4 Å². The van der Waals surface area contributed by atoms with Crippen molar-refractivity contribution in [3.8, 4) is 0 Å². The molecule has 0 spiro atoms. The van der Waals surface area contributed by atoms with Crippen molar-refractivity contribution in [2.24, 2.45) is 11.7 Å². The van der Waals surface area contributed by atoms with Crippen LogP contribution in [0.3, 0.4) is 0 Å². The lowest BCUT2D eigenvalue weighted by Crippen LogP contribution is -2.46. The highest BCUT2D eigenvalue weighted by atomic mass is 35.5. The van der Waals surface area contributed by atoms with Gasteiger partial charge in [-0.25, -0.2) is 0 Å². The van der Waals surface area contributed by atoms with Gasteiger partial charge in [-0.2, -0.15) is 0 Å². The maximum Gasteiger partial charge on any atom is 0.239 e. The summed E-state index contributed by atoms with van der Waals surface area (Å²) < 4.78 is 0. The molecule has 0 bridgehead atoms. The molecule has 20 heavy (non-hydrogen) atoms. The summed E-state index contributed by atoms with van der Waals surface area (Å²) in [5.74, 6) is 1.06. The quantitative estimate of drug-likeness (QED) is 0.845. The predicted molar refractivity (Wildman–Crippen MR) is 86.1 cm³/mol. The first-order valence-corrected chi connectivity index (χ1v) is 8.28. The molecule has 118 valence electrons. The second kappa shape index (κ2) is 8.89. The Morgan fingerprint density at radius 1 is 1.20 bits per heavy atom. The standard InChI is InChI=1S/C16H30N2O.ClH/c1-2-7-15(17)16(19)18-11-6-10-14(18)12-13-8-4-3-5-9-13;/h13-15H,2-12,17H2,1H3;1H. The van der Waals surface area contributed by atoms with Gasteiger partial charge in [-0.15, -0.1) is 12.4 Å². The fourth-order valence-electron chi connectivity index (χ4n) is 3.83. The molecule has 2 N–H and O–H groups in total. The van der Waals surface area contributed by atoms with Crippen LogP contribution in [0.2, 0.25) is 0 Å². The Kier molecular flexibility index (Phi) is 7.90. The summed E-state index contributed by atoms with van der Waals surface area (Å²) in [5, 5.41) is 0. The zero-order valence-electron chi connectivity index (χ0n) is 12.9. The van der Waals surface area contributed by atoms with E-state index in [1.165, 1.54) is 51.4 Å². The molecule has 2 atom stereocenters. The maximum atomic E-state index is 12.4. The second-order valence-electron chi connectivity index (χ2n) is 6.46. The van der Waals surface area contributed by atoms with Gasteiger partial charge in [-0.3, -0.25) is 4.79 Å². The summed E-state index contributed by atoms with van der Waals surface area (Å²) in [5.41, 5.74) is 6.01. The number of amides is 1. The van der Waals surface area contributed by atoms with Crippen molar-refractivity contribution in [3.05, 3.63) is 0 Å². The van der Waals surface area contributed by atoms with Crippen molar-refractivity contribution < 1.29 is 4.79 Å². The topological polar surface area (TPSA) is 46.3 Å². The van der Waals surface area contributed by atoms with Crippen molar-refractivity contribution in [1.82, 2.24) is 4.90 Å². The third-order valence-corrected chi connectivity index (χ3v) is 4.91. The molecule has 3 nitrogen and oxygen atoms in total. The summed E-state index contributed by atoms with van der Waals surface area (Å²) in [6, 6.07) is 0.218. The van der Waals surface area contributed by atoms with E-state index in [-0.39, 0.29) is 24.4 Å². The van der Waals surface area contributed by atoms with E-state index in [1.54, 1.807) is 0 Å². The number of carbonyl (C=O) groups is 1. The lowest BCUT2D eigenvalue weighted by atomic mass is 9.84. The minimum absolute atomic E-state index is 0. The molecule has 2 unspecified atom stereocenters. The van der Waals surface area contributed by atoms with E-state index in [0.717, 1.165) is 25.3 Å². The van der Waals surface area contributed by atoms with E-state index < -0.39 is 0 Å². The molecule has 2 aliphatic rings. The zero-order valence-corrected chi connectivity index (χ0v) is 13.7. The number of nitrogens with zero attached hydrogens (tertiary/aromatic N) is 1. The predicted octanol–water partition coefficient (Wildman–Crippen LogP) is 3.50. The molecule has 0 aromatic rings. The van der Waals surface area contributed by atoms with Crippen molar-refractivity contribution in [3.63, 3.8) is 0 Å². The highest BCUT2D eigenvalue weighted by Gasteiger charge is 2.32. The van der Waals surface area contributed by atoms with E-state index in [2.05, 4.69) is 11.8 Å². The van der Waals surface area contributed by atoms with E-state index in [9.17, 15) is 4.79 Å². The van der Waals surface area contributed by atoms with Crippen LogP contribution in [0, 0.1) is 5.92 Å². The molecule has 1 heterocycles. The molecule has 0 radical (unpaired) electrons. The molecule has 1 amide bonds. The van der Waals surface area contributed by atoms with Crippen molar-refractivity contribution >= 4 is 18.3 Å². The molecule has 1 saturated heterocycles. The van der Waals surface area contributed by atoms with Gasteiger partial charge in [0.1, 0.15) is 0 Å². The molecule has 1 saturated carbocycles. The Morgan fingerprint density at radius 2 is 1.90 bits per heavy atom. The second-order valence-corrected chi connectivity index (χ2v) is 6.46. The first kappa shape index (κ1) is 17.8. The van der Waals surface area contributed by atoms with E-state index in [1.807, 2.05) is 0 Å². The van der Waals surface area contributed by atoms with Crippen molar-refractivity contribution in [2.45, 2.75) is 83.2 Å². The molecule has 2 fully saturated rings. The number of likely N-dealkylation sites (tertiary alicyclic amines) is 1. The van der Waals surface area contributed by atoms with Gasteiger partial charge < -0.3 is 10.6 Å². The fourth-order valence-corrected chi connectivity index (χ4v) is 3.83. The summed E-state index contributed by atoms with van der Waals surface area (Å²) in [6.45, 7) is 3.03. The van der Waals surface area contributed by atoms with Crippen LogP contribution in [0.25, 0.3) is 0 Å². The van der Waals surface area contributed by atoms with Gasteiger partial charge in [0.2, 0.25) is 5.91 Å². The van der Waals surface area contributed by atoms with Crippen LogP contribution < -0.4 is 5.73 Å². The lowest BCUT2D eigenvalue weighted by molar-refractivity contribution is -0.133. The molecular weight excluding hydrogens is 272 g/mol. The van der Waals surface area contributed by atoms with E-state index in [4.69, 9.17) is 5.73 Å². The van der Waals surface area contributed by atoms with Crippen molar-refractivity contribution in [1.29, 1.82) is 0 Å². The minimum Gasteiger partial charge on any atom is -0.338 e. The van der Waals surface area contributed by atoms with Crippen LogP contribution in [0.5, 0.6) is 0 Å². The van der Waals surface area contributed by atoms with E-state index in [0.29, 0.717) is 6.04 Å². The number of rotatable bonds is 5. The SMILES string of the molecule is CCCC(N)C(=O)N1CCCC1CC1CCCCC1.Cl. The Labute approximate surface area is 130 Å². The molecule has 1 aliphatic carbocycles. The third kappa shape index (κ3) is 4.63. The Balaban J connectivity index is 0.00000200. The van der Waals surface area contributed by atoms with Gasteiger partial charge in [-0.05, 0) is 31.6 Å². The van der Waals surface area contributed by atoms with Gasteiger partial charge >= 0.3 is 0 Å². The molecule has 4 heteroatoms. The highest BCUT2D eigenvalue weighted by molar-refractivity contribution is 5.85. The summed E-state index contributed by atoms with van der Waals surface area (Å²) >= 11 is 0. The largest absolute Gasteiger partial charge is 0.338 e. The molecule has 2 rings (SSSR count). The van der Waals surface area contributed by atoms with Crippen LogP contribution in [-0.4, -0.2) is 29.4 Å². The van der Waals surface area contributed by atoms with Gasteiger partial charge in [0.05, 0.1) is 6.04 Å². The average molecular weight is 303 g/mol. The normalized spacial score (nSPS) is 25.3. The summed E-state index contributed by atoms with van der Waals surface area (Å²) in [7, 11) is 0. The van der Waals surface area contributed by atoms with Crippen LogP contribution in [0.15, 0.2) is 0 Å². The highest BCUT2D eigenvalue weighted by Crippen LogP contribution is 2.32. The Bertz CT molecular complexity index is 292. The monoisotopic (exact) mass is 302 g/mol. The van der Waals surface area contributed by atoms with E-state index >= 15 is 0 Å². The summed E-state index contributed by atoms with van der Waals surface area (Å²) in [6.07, 6.45) is 12.3. The molecular formula is C16H31ClN2O. The first-order chi connectivity index (χ1) is 9.22. The van der Waals surface area contributed by atoms with Gasteiger partial charge in [0.25, 0.3) is 0 Å².